The van der Waals surface area contributed by atoms with Gasteiger partial charge in [0, 0.05) is 18.3 Å². The molecule has 24 heavy (non-hydrogen) atoms. The van der Waals surface area contributed by atoms with Gasteiger partial charge in [-0.15, -0.1) is 0 Å². The van der Waals surface area contributed by atoms with E-state index in [4.69, 9.17) is 0 Å². The highest BCUT2D eigenvalue weighted by molar-refractivity contribution is 5.93. The van der Waals surface area contributed by atoms with Crippen molar-refractivity contribution in [1.82, 2.24) is 0 Å². The number of halogens is 2. The molecule has 5 nitrogen and oxygen atoms in total. The third kappa shape index (κ3) is 5.68. The number of amides is 2. The molecule has 2 N–H and O–H groups in total. The highest BCUT2D eigenvalue weighted by Crippen LogP contribution is 2.17. The standard InChI is InChI=1S/C17H16F2N2O3/c1-11(22)20-13-4-6-14(7-5-13)21-16(23)10-12-2-8-15(9-3-12)24-17(18)19/h2-9,17H,10H2,1H3,(H,20,22)(H,21,23). The first-order valence-electron chi connectivity index (χ1n) is 7.13. The lowest BCUT2D eigenvalue weighted by atomic mass is 10.1. The minimum atomic E-state index is -2.88. The maximum absolute atomic E-state index is 12.1. The number of ether oxygens (including phenoxy) is 1. The predicted octanol–water partition coefficient (Wildman–Crippen LogP) is 3.43. The Morgan fingerprint density at radius 1 is 0.958 bits per heavy atom. The second kappa shape index (κ2) is 8.05. The van der Waals surface area contributed by atoms with E-state index in [0.29, 0.717) is 16.9 Å². The predicted molar refractivity (Wildman–Crippen MR) is 86.2 cm³/mol. The number of hydrogen-bond donors (Lipinski definition) is 2. The normalized spacial score (nSPS) is 10.3. The quantitative estimate of drug-likeness (QED) is 0.850. The Kier molecular flexibility index (Phi) is 5.83. The van der Waals surface area contributed by atoms with Gasteiger partial charge in [0.1, 0.15) is 5.75 Å². The Balaban J connectivity index is 1.89. The van der Waals surface area contributed by atoms with Crippen LogP contribution in [0.15, 0.2) is 48.5 Å². The fourth-order valence-electron chi connectivity index (χ4n) is 2.02. The molecule has 0 aliphatic rings. The molecule has 0 aliphatic carbocycles. The number of anilines is 2. The third-order valence-electron chi connectivity index (χ3n) is 3.00. The van der Waals surface area contributed by atoms with Crippen LogP contribution >= 0.6 is 0 Å². The molecular weight excluding hydrogens is 318 g/mol. The molecule has 2 amide bonds. The van der Waals surface area contributed by atoms with E-state index in [9.17, 15) is 18.4 Å². The van der Waals surface area contributed by atoms with Gasteiger partial charge in [0.15, 0.2) is 0 Å². The summed E-state index contributed by atoms with van der Waals surface area (Å²) in [5.41, 5.74) is 1.89. The molecule has 0 aromatic heterocycles. The van der Waals surface area contributed by atoms with E-state index in [0.717, 1.165) is 0 Å². The first-order chi connectivity index (χ1) is 11.4. The molecule has 2 aromatic carbocycles. The van der Waals surface area contributed by atoms with Crippen molar-refractivity contribution in [2.24, 2.45) is 0 Å². The minimum Gasteiger partial charge on any atom is -0.435 e. The van der Waals surface area contributed by atoms with Gasteiger partial charge < -0.3 is 15.4 Å². The summed E-state index contributed by atoms with van der Waals surface area (Å²) in [7, 11) is 0. The van der Waals surface area contributed by atoms with Crippen molar-refractivity contribution in [3.63, 3.8) is 0 Å². The number of hydrogen-bond acceptors (Lipinski definition) is 3. The molecule has 0 radical (unpaired) electrons. The van der Waals surface area contributed by atoms with Crippen LogP contribution in [-0.4, -0.2) is 18.4 Å². The van der Waals surface area contributed by atoms with E-state index in [2.05, 4.69) is 15.4 Å². The van der Waals surface area contributed by atoms with Gasteiger partial charge in [-0.3, -0.25) is 9.59 Å². The summed E-state index contributed by atoms with van der Waals surface area (Å²) in [5.74, 6) is -0.376. The van der Waals surface area contributed by atoms with Crippen molar-refractivity contribution in [3.8, 4) is 5.75 Å². The smallest absolute Gasteiger partial charge is 0.387 e. The van der Waals surface area contributed by atoms with Gasteiger partial charge in [0.25, 0.3) is 0 Å². The van der Waals surface area contributed by atoms with E-state index >= 15 is 0 Å². The number of alkyl halides is 2. The zero-order valence-electron chi connectivity index (χ0n) is 12.9. The van der Waals surface area contributed by atoms with Gasteiger partial charge in [0.05, 0.1) is 6.42 Å². The third-order valence-corrected chi connectivity index (χ3v) is 3.00. The Morgan fingerprint density at radius 3 is 2.00 bits per heavy atom. The van der Waals surface area contributed by atoms with E-state index in [1.807, 2.05) is 0 Å². The highest BCUT2D eigenvalue weighted by Gasteiger charge is 2.07. The van der Waals surface area contributed by atoms with E-state index in [1.165, 1.54) is 19.1 Å². The van der Waals surface area contributed by atoms with Crippen molar-refractivity contribution in [3.05, 3.63) is 54.1 Å². The number of benzene rings is 2. The Labute approximate surface area is 137 Å². The molecule has 0 saturated carbocycles. The zero-order chi connectivity index (χ0) is 17.5. The molecule has 0 aliphatic heterocycles. The van der Waals surface area contributed by atoms with Gasteiger partial charge in [-0.25, -0.2) is 0 Å². The summed E-state index contributed by atoms with van der Waals surface area (Å²) in [4.78, 5) is 22.9. The van der Waals surface area contributed by atoms with Gasteiger partial charge in [-0.05, 0) is 42.0 Å². The zero-order valence-corrected chi connectivity index (χ0v) is 12.9. The monoisotopic (exact) mass is 334 g/mol. The van der Waals surface area contributed by atoms with Crippen LogP contribution in [0.25, 0.3) is 0 Å². The summed E-state index contributed by atoms with van der Waals surface area (Å²) < 4.78 is 28.4. The van der Waals surface area contributed by atoms with Gasteiger partial charge >= 0.3 is 6.61 Å². The lowest BCUT2D eigenvalue weighted by Gasteiger charge is -2.08. The van der Waals surface area contributed by atoms with Crippen LogP contribution in [-0.2, 0) is 16.0 Å². The van der Waals surface area contributed by atoms with Crippen molar-refractivity contribution in [2.45, 2.75) is 20.0 Å². The number of nitrogens with one attached hydrogen (secondary N) is 2. The average Bonchev–Trinajstić information content (AvgIpc) is 2.50. The average molecular weight is 334 g/mol. The molecule has 0 spiro atoms. The van der Waals surface area contributed by atoms with Gasteiger partial charge in [0.2, 0.25) is 11.8 Å². The van der Waals surface area contributed by atoms with E-state index < -0.39 is 6.61 Å². The first kappa shape index (κ1) is 17.4. The van der Waals surface area contributed by atoms with Crippen LogP contribution in [0.3, 0.4) is 0 Å². The van der Waals surface area contributed by atoms with Crippen molar-refractivity contribution >= 4 is 23.2 Å². The molecular formula is C17H16F2N2O3. The SMILES string of the molecule is CC(=O)Nc1ccc(NC(=O)Cc2ccc(OC(F)F)cc2)cc1. The molecule has 0 atom stereocenters. The van der Waals surface area contributed by atoms with Crippen molar-refractivity contribution in [2.75, 3.05) is 10.6 Å². The van der Waals surface area contributed by atoms with Crippen LogP contribution in [0.5, 0.6) is 5.75 Å². The Morgan fingerprint density at radius 2 is 1.50 bits per heavy atom. The Hall–Kier alpha value is -2.96. The number of carbonyl (C=O) groups excluding carboxylic acids is 2. The summed E-state index contributed by atoms with van der Waals surface area (Å²) >= 11 is 0. The molecule has 0 heterocycles. The van der Waals surface area contributed by atoms with Crippen molar-refractivity contribution in [1.29, 1.82) is 0 Å². The topological polar surface area (TPSA) is 67.4 Å². The fourth-order valence-corrected chi connectivity index (χ4v) is 2.02. The molecule has 2 rings (SSSR count). The molecule has 0 bridgehead atoms. The maximum Gasteiger partial charge on any atom is 0.387 e. The minimum absolute atomic E-state index is 0.0442. The summed E-state index contributed by atoms with van der Waals surface area (Å²) in [6.45, 7) is -1.47. The number of carbonyl (C=O) groups is 2. The molecule has 0 fully saturated rings. The van der Waals surface area contributed by atoms with Crippen LogP contribution in [0.1, 0.15) is 12.5 Å². The fraction of sp³-hybridized carbons (Fsp3) is 0.176. The molecule has 7 heteroatoms. The summed E-state index contributed by atoms with van der Waals surface area (Å²) in [6.07, 6.45) is 0.0996. The van der Waals surface area contributed by atoms with Crippen LogP contribution in [0.2, 0.25) is 0 Å². The first-order valence-corrected chi connectivity index (χ1v) is 7.13. The maximum atomic E-state index is 12.1. The number of rotatable bonds is 6. The van der Waals surface area contributed by atoms with Crippen molar-refractivity contribution < 1.29 is 23.1 Å². The molecule has 2 aromatic rings. The molecule has 0 unspecified atom stereocenters. The highest BCUT2D eigenvalue weighted by atomic mass is 19.3. The van der Waals surface area contributed by atoms with E-state index in [1.54, 1.807) is 36.4 Å². The van der Waals surface area contributed by atoms with E-state index in [-0.39, 0.29) is 24.0 Å². The second-order valence-corrected chi connectivity index (χ2v) is 5.01. The largest absolute Gasteiger partial charge is 0.435 e. The molecule has 126 valence electrons. The van der Waals surface area contributed by atoms with Gasteiger partial charge in [-0.2, -0.15) is 8.78 Å². The van der Waals surface area contributed by atoms with Crippen LogP contribution in [0.4, 0.5) is 20.2 Å². The lowest BCUT2D eigenvalue weighted by molar-refractivity contribution is -0.116. The van der Waals surface area contributed by atoms with Gasteiger partial charge in [-0.1, -0.05) is 12.1 Å². The molecule has 0 saturated heterocycles. The van der Waals surface area contributed by atoms with Crippen LogP contribution < -0.4 is 15.4 Å². The summed E-state index contributed by atoms with van der Waals surface area (Å²) in [6, 6.07) is 12.6. The lowest BCUT2D eigenvalue weighted by Crippen LogP contribution is -2.14. The van der Waals surface area contributed by atoms with Crippen LogP contribution in [0, 0.1) is 0 Å². The second-order valence-electron chi connectivity index (χ2n) is 5.01. The summed E-state index contributed by atoms with van der Waals surface area (Å²) in [5, 5.41) is 5.34. The Bertz CT molecular complexity index is 701.